The summed E-state index contributed by atoms with van der Waals surface area (Å²) in [6.07, 6.45) is 4.37. The van der Waals surface area contributed by atoms with Crippen LogP contribution in [0.1, 0.15) is 43.5 Å². The summed E-state index contributed by atoms with van der Waals surface area (Å²) in [7, 11) is 1.90. The first-order chi connectivity index (χ1) is 8.54. The van der Waals surface area contributed by atoms with Gasteiger partial charge in [0.05, 0.1) is 11.7 Å². The van der Waals surface area contributed by atoms with E-state index in [-0.39, 0.29) is 18.0 Å². The third-order valence-electron chi connectivity index (χ3n) is 3.70. The van der Waals surface area contributed by atoms with Gasteiger partial charge in [-0.15, -0.1) is 0 Å². The number of hydrogen-bond donors (Lipinski definition) is 1. The van der Waals surface area contributed by atoms with Gasteiger partial charge in [-0.05, 0) is 26.7 Å². The zero-order chi connectivity index (χ0) is 13.3. The SMILES string of the molecule is CCN1C(=O)CCCC(N)C1c1cn(C)nc1C. The summed E-state index contributed by atoms with van der Waals surface area (Å²) in [4.78, 5) is 14.0. The highest BCUT2D eigenvalue weighted by molar-refractivity contribution is 5.77. The molecule has 5 heteroatoms. The Labute approximate surface area is 108 Å². The van der Waals surface area contributed by atoms with Crippen LogP contribution in [0.25, 0.3) is 0 Å². The Bertz CT molecular complexity index is 440. The first-order valence-electron chi connectivity index (χ1n) is 6.59. The lowest BCUT2D eigenvalue weighted by Gasteiger charge is -2.32. The Morgan fingerprint density at radius 1 is 1.56 bits per heavy atom. The fourth-order valence-corrected chi connectivity index (χ4v) is 2.86. The number of likely N-dealkylation sites (N-methyl/N-ethyl adjacent to an activating group) is 1. The molecule has 1 amide bonds. The van der Waals surface area contributed by atoms with Crippen LogP contribution in [0, 0.1) is 6.92 Å². The second-order valence-electron chi connectivity index (χ2n) is 5.02. The summed E-state index contributed by atoms with van der Waals surface area (Å²) < 4.78 is 1.79. The van der Waals surface area contributed by atoms with E-state index in [0.29, 0.717) is 13.0 Å². The lowest BCUT2D eigenvalue weighted by atomic mass is 9.97. The van der Waals surface area contributed by atoms with E-state index in [0.717, 1.165) is 24.1 Å². The summed E-state index contributed by atoms with van der Waals surface area (Å²) in [6, 6.07) is -0.0296. The molecule has 2 unspecified atom stereocenters. The minimum Gasteiger partial charge on any atom is -0.334 e. The van der Waals surface area contributed by atoms with Gasteiger partial charge in [-0.3, -0.25) is 9.48 Å². The maximum Gasteiger partial charge on any atom is 0.223 e. The Morgan fingerprint density at radius 3 is 2.83 bits per heavy atom. The number of nitrogens with zero attached hydrogens (tertiary/aromatic N) is 3. The van der Waals surface area contributed by atoms with Crippen molar-refractivity contribution in [2.24, 2.45) is 12.8 Å². The second kappa shape index (κ2) is 5.10. The Hall–Kier alpha value is -1.36. The maximum atomic E-state index is 12.1. The Kier molecular flexibility index (Phi) is 3.71. The van der Waals surface area contributed by atoms with Crippen molar-refractivity contribution in [2.75, 3.05) is 6.54 Å². The predicted molar refractivity (Wildman–Crippen MR) is 69.9 cm³/mol. The van der Waals surface area contributed by atoms with Crippen LogP contribution in [0.3, 0.4) is 0 Å². The quantitative estimate of drug-likeness (QED) is 0.855. The fourth-order valence-electron chi connectivity index (χ4n) is 2.86. The second-order valence-corrected chi connectivity index (χ2v) is 5.02. The average molecular weight is 250 g/mol. The van der Waals surface area contributed by atoms with Crippen molar-refractivity contribution in [2.45, 2.75) is 45.2 Å². The van der Waals surface area contributed by atoms with Crippen LogP contribution in [0.15, 0.2) is 6.20 Å². The molecule has 2 heterocycles. The standard InChI is InChI=1S/C13H22N4O/c1-4-17-12(18)7-5-6-11(14)13(17)10-8-16(3)15-9(10)2/h8,11,13H,4-7,14H2,1-3H3. The van der Waals surface area contributed by atoms with Crippen LogP contribution < -0.4 is 5.73 Å². The molecule has 0 spiro atoms. The van der Waals surface area contributed by atoms with Crippen molar-refractivity contribution in [1.82, 2.24) is 14.7 Å². The lowest BCUT2D eigenvalue weighted by molar-refractivity contribution is -0.133. The number of aryl methyl sites for hydroxylation is 2. The molecule has 1 aromatic rings. The van der Waals surface area contributed by atoms with E-state index in [1.807, 2.05) is 32.0 Å². The number of carbonyl (C=O) groups excluding carboxylic acids is 1. The van der Waals surface area contributed by atoms with Crippen LogP contribution in [-0.2, 0) is 11.8 Å². The molecule has 2 N–H and O–H groups in total. The van der Waals surface area contributed by atoms with Crippen LogP contribution in [0.4, 0.5) is 0 Å². The van der Waals surface area contributed by atoms with Gasteiger partial charge in [-0.2, -0.15) is 5.10 Å². The average Bonchev–Trinajstić information content (AvgIpc) is 2.56. The molecule has 18 heavy (non-hydrogen) atoms. The highest BCUT2D eigenvalue weighted by atomic mass is 16.2. The Morgan fingerprint density at radius 2 is 2.28 bits per heavy atom. The van der Waals surface area contributed by atoms with Crippen LogP contribution in [0.2, 0.25) is 0 Å². The zero-order valence-electron chi connectivity index (χ0n) is 11.4. The number of likely N-dealkylation sites (tertiary alicyclic amines) is 1. The van der Waals surface area contributed by atoms with Crippen LogP contribution >= 0.6 is 0 Å². The molecule has 0 aliphatic carbocycles. The molecular formula is C13H22N4O. The zero-order valence-corrected chi connectivity index (χ0v) is 11.4. The van der Waals surface area contributed by atoms with E-state index in [1.54, 1.807) is 4.68 Å². The molecule has 1 aliphatic heterocycles. The van der Waals surface area contributed by atoms with E-state index in [4.69, 9.17) is 5.73 Å². The first kappa shape index (κ1) is 13.1. The van der Waals surface area contributed by atoms with Crippen LogP contribution in [0.5, 0.6) is 0 Å². The normalized spacial score (nSPS) is 25.3. The van der Waals surface area contributed by atoms with Gasteiger partial charge in [0.2, 0.25) is 5.91 Å². The van der Waals surface area contributed by atoms with Gasteiger partial charge >= 0.3 is 0 Å². The molecule has 1 aliphatic rings. The van der Waals surface area contributed by atoms with Gasteiger partial charge in [0.25, 0.3) is 0 Å². The summed E-state index contributed by atoms with van der Waals surface area (Å²) in [6.45, 7) is 4.69. The topological polar surface area (TPSA) is 64.2 Å². The summed E-state index contributed by atoms with van der Waals surface area (Å²) in [5, 5.41) is 4.37. The number of rotatable bonds is 2. The Balaban J connectivity index is 2.41. The highest BCUT2D eigenvalue weighted by Gasteiger charge is 2.33. The monoisotopic (exact) mass is 250 g/mol. The van der Waals surface area contributed by atoms with E-state index in [9.17, 15) is 4.79 Å². The summed E-state index contributed by atoms with van der Waals surface area (Å²) in [5.74, 6) is 0.207. The number of aromatic nitrogens is 2. The molecule has 1 saturated heterocycles. The van der Waals surface area contributed by atoms with Gasteiger partial charge < -0.3 is 10.6 Å². The minimum absolute atomic E-state index is 0.000648. The number of nitrogens with two attached hydrogens (primary N) is 1. The van der Waals surface area contributed by atoms with E-state index >= 15 is 0 Å². The largest absolute Gasteiger partial charge is 0.334 e. The van der Waals surface area contributed by atoms with Gasteiger partial charge in [0, 0.05) is 37.8 Å². The predicted octanol–water partition coefficient (Wildman–Crippen LogP) is 1.13. The van der Waals surface area contributed by atoms with Crippen molar-refractivity contribution in [3.63, 3.8) is 0 Å². The molecule has 0 aromatic carbocycles. The smallest absolute Gasteiger partial charge is 0.223 e. The van der Waals surface area contributed by atoms with Crippen molar-refractivity contribution >= 4 is 5.91 Å². The number of carbonyl (C=O) groups is 1. The van der Waals surface area contributed by atoms with Gasteiger partial charge in [0.1, 0.15) is 0 Å². The molecule has 2 rings (SSSR count). The van der Waals surface area contributed by atoms with Gasteiger partial charge in [-0.25, -0.2) is 0 Å². The molecule has 100 valence electrons. The number of hydrogen-bond acceptors (Lipinski definition) is 3. The van der Waals surface area contributed by atoms with Gasteiger partial charge in [-0.1, -0.05) is 0 Å². The highest BCUT2D eigenvalue weighted by Crippen LogP contribution is 2.31. The fraction of sp³-hybridized carbons (Fsp3) is 0.692. The van der Waals surface area contributed by atoms with E-state index in [1.165, 1.54) is 0 Å². The van der Waals surface area contributed by atoms with Crippen molar-refractivity contribution < 1.29 is 4.79 Å². The third-order valence-corrected chi connectivity index (χ3v) is 3.70. The number of amides is 1. The third kappa shape index (κ3) is 2.27. The lowest BCUT2D eigenvalue weighted by Crippen LogP contribution is -2.42. The van der Waals surface area contributed by atoms with Crippen molar-refractivity contribution in [3.05, 3.63) is 17.5 Å². The summed E-state index contributed by atoms with van der Waals surface area (Å²) in [5.41, 5.74) is 8.34. The first-order valence-corrected chi connectivity index (χ1v) is 6.59. The molecule has 1 fully saturated rings. The van der Waals surface area contributed by atoms with Gasteiger partial charge in [0.15, 0.2) is 0 Å². The molecule has 2 atom stereocenters. The van der Waals surface area contributed by atoms with E-state index < -0.39 is 0 Å². The molecular weight excluding hydrogens is 228 g/mol. The van der Waals surface area contributed by atoms with Crippen LogP contribution in [-0.4, -0.2) is 33.2 Å². The van der Waals surface area contributed by atoms with Crippen molar-refractivity contribution in [1.29, 1.82) is 0 Å². The van der Waals surface area contributed by atoms with Crippen molar-refractivity contribution in [3.8, 4) is 0 Å². The molecule has 0 bridgehead atoms. The molecule has 0 saturated carbocycles. The maximum absolute atomic E-state index is 12.1. The van der Waals surface area contributed by atoms with E-state index in [2.05, 4.69) is 5.10 Å². The molecule has 0 radical (unpaired) electrons. The summed E-state index contributed by atoms with van der Waals surface area (Å²) >= 11 is 0. The molecule has 1 aromatic heterocycles. The molecule has 5 nitrogen and oxygen atoms in total. The minimum atomic E-state index is -0.0290.